The van der Waals surface area contributed by atoms with Gasteiger partial charge in [0, 0.05) is 43.9 Å². The van der Waals surface area contributed by atoms with Gasteiger partial charge in [-0.15, -0.1) is 0 Å². The Kier molecular flexibility index (Phi) is 12.1. The molecule has 0 saturated carbocycles. The molecule has 184 valence electrons. The second-order valence-electron chi connectivity index (χ2n) is 9.67. The Labute approximate surface area is 193 Å². The molecule has 0 aromatic heterocycles. The standard InChI is InChI=1S/C25H42F2N2O3/c1-11-17(2)22(13-12-21(19(4)28-9)25(8,26)27)29(10)23(31)20(18(3)14-30)15-32-16-24(5,6)7/h12-14,17-18,20,28H,4,11,15-16H2,1-3,5-10H3/b21-12+,22-13+. The first kappa shape index (κ1) is 30.0. The van der Waals surface area contributed by atoms with Gasteiger partial charge in [-0.3, -0.25) is 4.79 Å². The number of hydrogen-bond acceptors (Lipinski definition) is 4. The molecule has 3 unspecified atom stereocenters. The number of alkyl halides is 2. The van der Waals surface area contributed by atoms with Gasteiger partial charge in [-0.2, -0.15) is 0 Å². The third-order valence-corrected chi connectivity index (χ3v) is 5.35. The molecule has 5 nitrogen and oxygen atoms in total. The number of allylic oxidation sites excluding steroid dienone is 4. The Balaban J connectivity index is 6.08. The van der Waals surface area contributed by atoms with E-state index in [4.69, 9.17) is 4.74 Å². The van der Waals surface area contributed by atoms with Gasteiger partial charge in [-0.25, -0.2) is 8.78 Å². The van der Waals surface area contributed by atoms with E-state index in [0.717, 1.165) is 13.2 Å². The fourth-order valence-electron chi connectivity index (χ4n) is 3.04. The van der Waals surface area contributed by atoms with E-state index in [0.29, 0.717) is 18.7 Å². The first-order valence-electron chi connectivity index (χ1n) is 11.1. The Morgan fingerprint density at radius 2 is 1.75 bits per heavy atom. The summed E-state index contributed by atoms with van der Waals surface area (Å²) in [5.41, 5.74) is 0.359. The minimum Gasteiger partial charge on any atom is -0.388 e. The van der Waals surface area contributed by atoms with E-state index >= 15 is 0 Å². The van der Waals surface area contributed by atoms with Crippen LogP contribution in [0.25, 0.3) is 0 Å². The summed E-state index contributed by atoms with van der Waals surface area (Å²) in [5.74, 6) is -4.67. The van der Waals surface area contributed by atoms with Crippen molar-refractivity contribution < 1.29 is 23.1 Å². The minimum atomic E-state index is -3.10. The maximum Gasteiger partial charge on any atom is 0.272 e. The first-order chi connectivity index (χ1) is 14.6. The summed E-state index contributed by atoms with van der Waals surface area (Å²) >= 11 is 0. The third-order valence-electron chi connectivity index (χ3n) is 5.35. The highest BCUT2D eigenvalue weighted by molar-refractivity contribution is 5.83. The van der Waals surface area contributed by atoms with E-state index in [1.165, 1.54) is 18.0 Å². The highest BCUT2D eigenvalue weighted by Gasteiger charge is 2.32. The van der Waals surface area contributed by atoms with Crippen molar-refractivity contribution in [2.75, 3.05) is 27.3 Å². The Bertz CT molecular complexity index is 703. The lowest BCUT2D eigenvalue weighted by Crippen LogP contribution is -2.40. The molecular formula is C25H42F2N2O3. The summed E-state index contributed by atoms with van der Waals surface area (Å²) in [6, 6.07) is 0. The van der Waals surface area contributed by atoms with Gasteiger partial charge in [0.25, 0.3) is 5.92 Å². The number of carbonyl (C=O) groups is 2. The topological polar surface area (TPSA) is 58.6 Å². The van der Waals surface area contributed by atoms with Gasteiger partial charge in [-0.1, -0.05) is 48.1 Å². The van der Waals surface area contributed by atoms with Gasteiger partial charge < -0.3 is 19.7 Å². The molecule has 0 rings (SSSR count). The van der Waals surface area contributed by atoms with Crippen molar-refractivity contribution in [3.8, 4) is 0 Å². The number of hydrogen-bond donors (Lipinski definition) is 1. The van der Waals surface area contributed by atoms with Crippen molar-refractivity contribution in [3.05, 3.63) is 35.7 Å². The largest absolute Gasteiger partial charge is 0.388 e. The average Bonchev–Trinajstić information content (AvgIpc) is 2.70. The summed E-state index contributed by atoms with van der Waals surface area (Å²) in [4.78, 5) is 26.3. The third kappa shape index (κ3) is 9.63. The highest BCUT2D eigenvalue weighted by Crippen LogP contribution is 2.29. The monoisotopic (exact) mass is 456 g/mol. The molecule has 0 aromatic rings. The number of halogens is 2. The quantitative estimate of drug-likeness (QED) is 0.306. The van der Waals surface area contributed by atoms with Crippen LogP contribution < -0.4 is 5.32 Å². The molecule has 0 fully saturated rings. The van der Waals surface area contributed by atoms with Gasteiger partial charge in [-0.05, 0) is 29.9 Å². The number of amides is 1. The van der Waals surface area contributed by atoms with Crippen LogP contribution >= 0.6 is 0 Å². The normalized spacial score (nSPS) is 16.2. The number of nitrogens with one attached hydrogen (secondary N) is 1. The van der Waals surface area contributed by atoms with Gasteiger partial charge in [0.05, 0.1) is 19.1 Å². The minimum absolute atomic E-state index is 0.0718. The maximum absolute atomic E-state index is 14.1. The smallest absolute Gasteiger partial charge is 0.272 e. The Hall–Kier alpha value is -2.02. The van der Waals surface area contributed by atoms with Crippen LogP contribution in [0.1, 0.15) is 54.9 Å². The van der Waals surface area contributed by atoms with E-state index in [1.807, 2.05) is 34.6 Å². The SMILES string of the molecule is C=C(NC)/C(=C\C=C(/C(C)CC)N(C)C(=O)C(COCC(C)(C)C)C(C)C=O)C(C)(F)F. The highest BCUT2D eigenvalue weighted by atomic mass is 19.3. The number of nitrogens with zero attached hydrogens (tertiary/aromatic N) is 1. The predicted octanol–water partition coefficient (Wildman–Crippen LogP) is 5.20. The van der Waals surface area contributed by atoms with E-state index in [1.54, 1.807) is 20.0 Å². The zero-order valence-corrected chi connectivity index (χ0v) is 21.2. The molecule has 7 heteroatoms. The van der Waals surface area contributed by atoms with Gasteiger partial charge >= 0.3 is 0 Å². The second-order valence-corrected chi connectivity index (χ2v) is 9.67. The fraction of sp³-hybridized carbons (Fsp3) is 0.680. The molecule has 32 heavy (non-hydrogen) atoms. The predicted molar refractivity (Wildman–Crippen MR) is 126 cm³/mol. The average molecular weight is 457 g/mol. The molecule has 0 aliphatic rings. The second kappa shape index (κ2) is 12.9. The summed E-state index contributed by atoms with van der Waals surface area (Å²) in [7, 11) is 3.14. The molecule has 0 aromatic carbocycles. The summed E-state index contributed by atoms with van der Waals surface area (Å²) in [6.07, 6.45) is 4.30. The molecule has 1 N–H and O–H groups in total. The molecule has 0 bridgehead atoms. The zero-order valence-electron chi connectivity index (χ0n) is 21.2. The molecule has 0 aliphatic heterocycles. The molecule has 0 spiro atoms. The van der Waals surface area contributed by atoms with Crippen LogP contribution in [-0.2, 0) is 14.3 Å². The van der Waals surface area contributed by atoms with E-state index in [9.17, 15) is 18.4 Å². The molecule has 0 heterocycles. The number of likely N-dealkylation sites (N-methyl/N-ethyl adjacent to an activating group) is 1. The zero-order chi connectivity index (χ0) is 25.3. The lowest BCUT2D eigenvalue weighted by molar-refractivity contribution is -0.139. The van der Waals surface area contributed by atoms with Gasteiger partial charge in [0.2, 0.25) is 5.91 Å². The summed E-state index contributed by atoms with van der Waals surface area (Å²) in [5, 5.41) is 2.66. The molecule has 1 amide bonds. The van der Waals surface area contributed by atoms with E-state index < -0.39 is 17.8 Å². The molecule has 0 aliphatic carbocycles. The molecule has 0 radical (unpaired) electrons. The lowest BCUT2D eigenvalue weighted by atomic mass is 9.93. The summed E-state index contributed by atoms with van der Waals surface area (Å²) < 4.78 is 34.0. The van der Waals surface area contributed by atoms with E-state index in [2.05, 4.69) is 11.9 Å². The molecular weight excluding hydrogens is 414 g/mol. The van der Waals surface area contributed by atoms with Crippen LogP contribution in [0, 0.1) is 23.2 Å². The van der Waals surface area contributed by atoms with Crippen LogP contribution in [0.2, 0.25) is 0 Å². The van der Waals surface area contributed by atoms with Crippen LogP contribution in [0.4, 0.5) is 8.78 Å². The Morgan fingerprint density at radius 1 is 1.19 bits per heavy atom. The van der Waals surface area contributed by atoms with Crippen molar-refractivity contribution in [2.45, 2.75) is 60.8 Å². The van der Waals surface area contributed by atoms with Gasteiger partial charge in [0.1, 0.15) is 6.29 Å². The fourth-order valence-corrected chi connectivity index (χ4v) is 3.04. The van der Waals surface area contributed by atoms with Crippen molar-refractivity contribution >= 4 is 12.2 Å². The first-order valence-corrected chi connectivity index (χ1v) is 11.1. The maximum atomic E-state index is 14.1. The molecule has 0 saturated heterocycles. The van der Waals surface area contributed by atoms with Crippen LogP contribution in [0.15, 0.2) is 35.7 Å². The van der Waals surface area contributed by atoms with Crippen LogP contribution in [0.5, 0.6) is 0 Å². The number of carbonyl (C=O) groups excluding carboxylic acids is 2. The van der Waals surface area contributed by atoms with Crippen molar-refractivity contribution in [1.82, 2.24) is 10.2 Å². The number of aldehydes is 1. The number of ether oxygens (including phenoxy) is 1. The van der Waals surface area contributed by atoms with Crippen molar-refractivity contribution in [1.29, 1.82) is 0 Å². The summed E-state index contributed by atoms with van der Waals surface area (Å²) in [6.45, 7) is 16.7. The van der Waals surface area contributed by atoms with Crippen LogP contribution in [-0.4, -0.2) is 50.3 Å². The van der Waals surface area contributed by atoms with E-state index in [-0.39, 0.29) is 35.1 Å². The van der Waals surface area contributed by atoms with Crippen LogP contribution in [0.3, 0.4) is 0 Å². The van der Waals surface area contributed by atoms with Crippen molar-refractivity contribution in [3.63, 3.8) is 0 Å². The molecule has 3 atom stereocenters. The Morgan fingerprint density at radius 3 is 2.16 bits per heavy atom. The van der Waals surface area contributed by atoms with Gasteiger partial charge in [0.15, 0.2) is 0 Å². The lowest BCUT2D eigenvalue weighted by Gasteiger charge is -2.31. The van der Waals surface area contributed by atoms with Crippen molar-refractivity contribution in [2.24, 2.45) is 23.2 Å². The number of rotatable bonds is 13.